The van der Waals surface area contributed by atoms with Crippen molar-refractivity contribution in [3.63, 3.8) is 0 Å². The summed E-state index contributed by atoms with van der Waals surface area (Å²) in [5, 5.41) is 3.18. The highest BCUT2D eigenvalue weighted by molar-refractivity contribution is 9.10. The minimum atomic E-state index is -0.174. The van der Waals surface area contributed by atoms with E-state index in [9.17, 15) is 4.79 Å². The van der Waals surface area contributed by atoms with Crippen LogP contribution in [0.25, 0.3) is 0 Å². The molecule has 5 heteroatoms. The molecule has 0 aliphatic heterocycles. The van der Waals surface area contributed by atoms with Crippen LogP contribution in [0, 0.1) is 5.41 Å². The number of carbonyl (C=O) groups is 1. The first-order valence-corrected chi connectivity index (χ1v) is 8.12. The maximum atomic E-state index is 12.1. The Morgan fingerprint density at radius 3 is 2.80 bits per heavy atom. The number of hydrogen-bond acceptors (Lipinski definition) is 2. The zero-order chi connectivity index (χ0) is 15.2. The van der Waals surface area contributed by atoms with Crippen molar-refractivity contribution >= 4 is 33.4 Å². The van der Waals surface area contributed by atoms with Gasteiger partial charge in [-0.1, -0.05) is 51.6 Å². The zero-order valence-electron chi connectivity index (χ0n) is 12.3. The van der Waals surface area contributed by atoms with Gasteiger partial charge in [0, 0.05) is 17.2 Å². The average Bonchev–Trinajstić information content (AvgIpc) is 2.39. The Labute approximate surface area is 134 Å². The standard InChI is InChI=1S/C15H22BrClN2O/c1-4-5-6-7-15(2,3)10-19-14(20)12-8-11(16)9-18-13(12)17/h8-9H,4-7,10H2,1-3H3,(H,19,20). The second-order valence-electron chi connectivity index (χ2n) is 5.80. The highest BCUT2D eigenvalue weighted by atomic mass is 79.9. The molecule has 0 aliphatic rings. The van der Waals surface area contributed by atoms with E-state index < -0.39 is 0 Å². The summed E-state index contributed by atoms with van der Waals surface area (Å²) < 4.78 is 0.745. The number of carbonyl (C=O) groups excluding carboxylic acids is 1. The third-order valence-electron chi connectivity index (χ3n) is 3.23. The highest BCUT2D eigenvalue weighted by Gasteiger charge is 2.20. The van der Waals surface area contributed by atoms with Gasteiger partial charge in [0.25, 0.3) is 5.91 Å². The number of nitrogens with one attached hydrogen (secondary N) is 1. The summed E-state index contributed by atoms with van der Waals surface area (Å²) in [4.78, 5) is 16.1. The number of unbranched alkanes of at least 4 members (excludes halogenated alkanes) is 2. The monoisotopic (exact) mass is 360 g/mol. The lowest BCUT2D eigenvalue weighted by Crippen LogP contribution is -2.34. The normalized spacial score (nSPS) is 11.4. The molecule has 112 valence electrons. The zero-order valence-corrected chi connectivity index (χ0v) is 14.6. The third-order valence-corrected chi connectivity index (χ3v) is 3.97. The topological polar surface area (TPSA) is 42.0 Å². The van der Waals surface area contributed by atoms with Crippen LogP contribution in [0.1, 0.15) is 56.8 Å². The van der Waals surface area contributed by atoms with Gasteiger partial charge in [0.2, 0.25) is 0 Å². The molecule has 0 spiro atoms. The summed E-state index contributed by atoms with van der Waals surface area (Å²) in [6, 6.07) is 1.69. The van der Waals surface area contributed by atoms with Crippen molar-refractivity contribution < 1.29 is 4.79 Å². The molecule has 1 N–H and O–H groups in total. The Kier molecular flexibility index (Phi) is 6.96. The quantitative estimate of drug-likeness (QED) is 0.558. The minimum Gasteiger partial charge on any atom is -0.351 e. The molecule has 0 saturated heterocycles. The number of halogens is 2. The summed E-state index contributed by atoms with van der Waals surface area (Å²) in [5.74, 6) is -0.174. The fraction of sp³-hybridized carbons (Fsp3) is 0.600. The molecule has 0 unspecified atom stereocenters. The molecule has 3 nitrogen and oxygen atoms in total. The van der Waals surface area contributed by atoms with Crippen LogP contribution in [0.15, 0.2) is 16.7 Å². The van der Waals surface area contributed by atoms with Gasteiger partial charge in [0.15, 0.2) is 0 Å². The number of pyridine rings is 1. The van der Waals surface area contributed by atoms with E-state index in [0.29, 0.717) is 12.1 Å². The van der Waals surface area contributed by atoms with Crippen LogP contribution >= 0.6 is 27.5 Å². The number of hydrogen-bond donors (Lipinski definition) is 1. The highest BCUT2D eigenvalue weighted by Crippen LogP contribution is 2.23. The van der Waals surface area contributed by atoms with E-state index in [-0.39, 0.29) is 16.5 Å². The molecule has 0 saturated carbocycles. The van der Waals surface area contributed by atoms with E-state index in [4.69, 9.17) is 11.6 Å². The van der Waals surface area contributed by atoms with Gasteiger partial charge in [-0.15, -0.1) is 0 Å². The predicted molar refractivity (Wildman–Crippen MR) is 87.2 cm³/mol. The summed E-state index contributed by atoms with van der Waals surface area (Å²) >= 11 is 9.25. The molecular formula is C15H22BrClN2O. The SMILES string of the molecule is CCCCCC(C)(C)CNC(=O)c1cc(Br)cnc1Cl. The largest absolute Gasteiger partial charge is 0.351 e. The number of rotatable bonds is 7. The Hall–Kier alpha value is -0.610. The first kappa shape index (κ1) is 17.4. The van der Waals surface area contributed by atoms with Crippen molar-refractivity contribution in [2.75, 3.05) is 6.54 Å². The molecule has 1 amide bonds. The molecule has 1 aromatic rings. The van der Waals surface area contributed by atoms with Gasteiger partial charge in [-0.2, -0.15) is 0 Å². The second kappa shape index (κ2) is 7.99. The van der Waals surface area contributed by atoms with Crippen LogP contribution in [-0.4, -0.2) is 17.4 Å². The van der Waals surface area contributed by atoms with Gasteiger partial charge >= 0.3 is 0 Å². The van der Waals surface area contributed by atoms with Crippen LogP contribution in [0.3, 0.4) is 0 Å². The van der Waals surface area contributed by atoms with Gasteiger partial charge in [0.1, 0.15) is 5.15 Å². The lowest BCUT2D eigenvalue weighted by Gasteiger charge is -2.25. The van der Waals surface area contributed by atoms with E-state index in [1.54, 1.807) is 12.3 Å². The minimum absolute atomic E-state index is 0.0940. The second-order valence-corrected chi connectivity index (χ2v) is 7.07. The molecule has 0 aliphatic carbocycles. The Morgan fingerprint density at radius 1 is 1.45 bits per heavy atom. The van der Waals surface area contributed by atoms with E-state index in [1.807, 2.05) is 0 Å². The lowest BCUT2D eigenvalue weighted by molar-refractivity contribution is 0.0934. The molecule has 0 bridgehead atoms. The summed E-state index contributed by atoms with van der Waals surface area (Å²) in [6.45, 7) is 7.17. The maximum Gasteiger partial charge on any atom is 0.254 e. The number of amides is 1. The van der Waals surface area contributed by atoms with Gasteiger partial charge in [-0.25, -0.2) is 4.98 Å². The van der Waals surface area contributed by atoms with Gasteiger partial charge in [0.05, 0.1) is 5.56 Å². The average molecular weight is 362 g/mol. The summed E-state index contributed by atoms with van der Waals surface area (Å²) in [6.07, 6.45) is 6.32. The van der Waals surface area contributed by atoms with Crippen LogP contribution in [0.2, 0.25) is 5.15 Å². The molecule has 1 heterocycles. The Morgan fingerprint density at radius 2 is 2.15 bits per heavy atom. The molecule has 1 aromatic heterocycles. The van der Waals surface area contributed by atoms with E-state index in [1.165, 1.54) is 19.3 Å². The fourth-order valence-electron chi connectivity index (χ4n) is 1.94. The van der Waals surface area contributed by atoms with Crippen molar-refractivity contribution in [3.8, 4) is 0 Å². The summed E-state index contributed by atoms with van der Waals surface area (Å²) in [5.41, 5.74) is 0.502. The molecule has 1 rings (SSSR count). The molecule has 0 atom stereocenters. The molecule has 0 aromatic carbocycles. The van der Waals surface area contributed by atoms with Gasteiger partial charge in [-0.05, 0) is 33.8 Å². The molecule has 0 radical (unpaired) electrons. The van der Waals surface area contributed by atoms with Crippen LogP contribution < -0.4 is 5.32 Å². The van der Waals surface area contributed by atoms with Gasteiger partial charge < -0.3 is 5.32 Å². The fourth-order valence-corrected chi connectivity index (χ4v) is 2.46. The van der Waals surface area contributed by atoms with Crippen molar-refractivity contribution in [1.29, 1.82) is 0 Å². The lowest BCUT2D eigenvalue weighted by atomic mass is 9.87. The molecule has 0 fully saturated rings. The smallest absolute Gasteiger partial charge is 0.254 e. The van der Waals surface area contributed by atoms with Crippen molar-refractivity contribution in [3.05, 3.63) is 27.5 Å². The van der Waals surface area contributed by atoms with Crippen molar-refractivity contribution in [2.24, 2.45) is 5.41 Å². The Bertz CT molecular complexity index is 463. The van der Waals surface area contributed by atoms with E-state index in [2.05, 4.69) is 47.0 Å². The van der Waals surface area contributed by atoms with Crippen LogP contribution in [0.5, 0.6) is 0 Å². The predicted octanol–water partition coefficient (Wildman–Crippen LogP) is 4.83. The van der Waals surface area contributed by atoms with Gasteiger partial charge in [-0.3, -0.25) is 4.79 Å². The summed E-state index contributed by atoms with van der Waals surface area (Å²) in [7, 11) is 0. The number of aromatic nitrogens is 1. The third kappa shape index (κ3) is 5.80. The van der Waals surface area contributed by atoms with Crippen molar-refractivity contribution in [1.82, 2.24) is 10.3 Å². The van der Waals surface area contributed by atoms with E-state index in [0.717, 1.165) is 10.9 Å². The molecular weight excluding hydrogens is 340 g/mol. The van der Waals surface area contributed by atoms with Crippen LogP contribution in [-0.2, 0) is 0 Å². The van der Waals surface area contributed by atoms with Crippen molar-refractivity contribution in [2.45, 2.75) is 46.5 Å². The first-order chi connectivity index (χ1) is 9.35. The number of nitrogens with zero attached hydrogens (tertiary/aromatic N) is 1. The van der Waals surface area contributed by atoms with E-state index >= 15 is 0 Å². The molecule has 20 heavy (non-hydrogen) atoms. The first-order valence-electron chi connectivity index (χ1n) is 6.95. The van der Waals surface area contributed by atoms with Crippen LogP contribution in [0.4, 0.5) is 0 Å². The maximum absolute atomic E-state index is 12.1. The Balaban J connectivity index is 2.56.